The molecule has 1 N–H and O–H groups in total. The number of rotatable bonds is 5. The minimum absolute atomic E-state index is 0.0278. The smallest absolute Gasteiger partial charge is 0.252 e. The third-order valence-electron chi connectivity index (χ3n) is 3.46. The number of benzene rings is 2. The van der Waals surface area contributed by atoms with Crippen LogP contribution in [0, 0.1) is 3.57 Å². The van der Waals surface area contributed by atoms with E-state index in [-0.39, 0.29) is 11.3 Å². The van der Waals surface area contributed by atoms with Crippen LogP contribution in [-0.2, 0) is 5.41 Å². The van der Waals surface area contributed by atoms with Crippen LogP contribution >= 0.6 is 22.6 Å². The van der Waals surface area contributed by atoms with Crippen molar-refractivity contribution in [3.05, 3.63) is 63.2 Å². The van der Waals surface area contributed by atoms with Crippen molar-refractivity contribution in [2.75, 3.05) is 13.2 Å². The fourth-order valence-electron chi connectivity index (χ4n) is 2.28. The maximum atomic E-state index is 12.1. The van der Waals surface area contributed by atoms with Gasteiger partial charge in [0.15, 0.2) is 0 Å². The molecule has 0 aliphatic carbocycles. The van der Waals surface area contributed by atoms with Crippen molar-refractivity contribution in [2.45, 2.75) is 26.2 Å². The lowest BCUT2D eigenvalue weighted by molar-refractivity contribution is 0.0946. The molecule has 0 saturated carbocycles. The van der Waals surface area contributed by atoms with Gasteiger partial charge in [-0.2, -0.15) is 0 Å². The lowest BCUT2D eigenvalue weighted by atomic mass is 9.86. The molecule has 0 spiro atoms. The van der Waals surface area contributed by atoms with Crippen LogP contribution in [0.4, 0.5) is 0 Å². The molecule has 1 amide bonds. The topological polar surface area (TPSA) is 38.3 Å². The monoisotopic (exact) mass is 423 g/mol. The second kappa shape index (κ2) is 7.81. The summed E-state index contributed by atoms with van der Waals surface area (Å²) in [6.07, 6.45) is 0. The van der Waals surface area contributed by atoms with Crippen LogP contribution in [0.25, 0.3) is 0 Å². The van der Waals surface area contributed by atoms with E-state index in [9.17, 15) is 4.79 Å². The molecule has 3 nitrogen and oxygen atoms in total. The van der Waals surface area contributed by atoms with Crippen LogP contribution in [0.15, 0.2) is 48.5 Å². The highest BCUT2D eigenvalue weighted by atomic mass is 127. The Bertz CT molecular complexity index is 677. The van der Waals surface area contributed by atoms with Gasteiger partial charge in [-0.05, 0) is 51.8 Å². The quantitative estimate of drug-likeness (QED) is 0.572. The minimum Gasteiger partial charge on any atom is -0.491 e. The molecular weight excluding hydrogens is 401 g/mol. The normalized spacial score (nSPS) is 11.1. The molecule has 0 unspecified atom stereocenters. The average molecular weight is 423 g/mol. The third-order valence-corrected chi connectivity index (χ3v) is 4.40. The van der Waals surface area contributed by atoms with Gasteiger partial charge in [-0.25, -0.2) is 0 Å². The molecule has 0 fully saturated rings. The van der Waals surface area contributed by atoms with Crippen LogP contribution < -0.4 is 10.1 Å². The molecule has 122 valence electrons. The molecule has 0 atom stereocenters. The second-order valence-electron chi connectivity index (χ2n) is 6.33. The van der Waals surface area contributed by atoms with Gasteiger partial charge >= 0.3 is 0 Å². The molecule has 2 rings (SSSR count). The summed E-state index contributed by atoms with van der Waals surface area (Å²) in [7, 11) is 0. The van der Waals surface area contributed by atoms with Gasteiger partial charge in [0, 0.05) is 3.57 Å². The Kier molecular flexibility index (Phi) is 6.04. The fourth-order valence-corrected chi connectivity index (χ4v) is 2.91. The SMILES string of the molecule is CC(C)(C)c1ccccc1OCCNC(=O)c1ccccc1I. The van der Waals surface area contributed by atoms with E-state index in [1.165, 1.54) is 5.56 Å². The molecule has 2 aromatic rings. The highest BCUT2D eigenvalue weighted by Crippen LogP contribution is 2.30. The summed E-state index contributed by atoms with van der Waals surface area (Å²) in [5, 5.41) is 2.90. The van der Waals surface area contributed by atoms with Gasteiger partial charge in [0.25, 0.3) is 5.91 Å². The number of halogens is 1. The van der Waals surface area contributed by atoms with E-state index in [0.717, 1.165) is 9.32 Å². The number of nitrogens with one attached hydrogen (secondary N) is 1. The molecule has 0 radical (unpaired) electrons. The molecular formula is C19H22INO2. The Hall–Kier alpha value is -1.56. The van der Waals surface area contributed by atoms with Crippen molar-refractivity contribution in [2.24, 2.45) is 0 Å². The number of carbonyl (C=O) groups is 1. The molecule has 0 bridgehead atoms. The molecule has 23 heavy (non-hydrogen) atoms. The number of hydrogen-bond donors (Lipinski definition) is 1. The summed E-state index contributed by atoms with van der Waals surface area (Å²) in [4.78, 5) is 12.1. The molecule has 4 heteroatoms. The number of para-hydroxylation sites is 1. The molecule has 0 saturated heterocycles. The second-order valence-corrected chi connectivity index (χ2v) is 7.49. The predicted molar refractivity (Wildman–Crippen MR) is 102 cm³/mol. The Morgan fingerprint density at radius 3 is 2.43 bits per heavy atom. The number of ether oxygens (including phenoxy) is 1. The van der Waals surface area contributed by atoms with Crippen molar-refractivity contribution < 1.29 is 9.53 Å². The summed E-state index contributed by atoms with van der Waals surface area (Å²) in [6.45, 7) is 7.40. The van der Waals surface area contributed by atoms with Gasteiger partial charge in [0.2, 0.25) is 0 Å². The van der Waals surface area contributed by atoms with E-state index in [0.29, 0.717) is 18.7 Å². The first-order valence-corrected chi connectivity index (χ1v) is 8.72. The van der Waals surface area contributed by atoms with Crippen LogP contribution in [0.1, 0.15) is 36.7 Å². The van der Waals surface area contributed by atoms with E-state index in [1.54, 1.807) is 0 Å². The maximum Gasteiger partial charge on any atom is 0.252 e. The molecule has 0 heterocycles. The third kappa shape index (κ3) is 4.96. The van der Waals surface area contributed by atoms with E-state index < -0.39 is 0 Å². The lowest BCUT2D eigenvalue weighted by Gasteiger charge is -2.22. The van der Waals surface area contributed by atoms with E-state index >= 15 is 0 Å². The first-order valence-electron chi connectivity index (χ1n) is 7.64. The Morgan fingerprint density at radius 1 is 1.09 bits per heavy atom. The average Bonchev–Trinajstić information content (AvgIpc) is 2.51. The highest BCUT2D eigenvalue weighted by molar-refractivity contribution is 14.1. The first kappa shape index (κ1) is 17.8. The summed E-state index contributed by atoms with van der Waals surface area (Å²) in [5.41, 5.74) is 1.90. The predicted octanol–water partition coefficient (Wildman–Crippen LogP) is 4.40. The summed E-state index contributed by atoms with van der Waals surface area (Å²) < 4.78 is 6.81. The van der Waals surface area contributed by atoms with Gasteiger partial charge < -0.3 is 10.1 Å². The number of carbonyl (C=O) groups excluding carboxylic acids is 1. The van der Waals surface area contributed by atoms with Gasteiger partial charge in [-0.3, -0.25) is 4.79 Å². The van der Waals surface area contributed by atoms with E-state index in [1.807, 2.05) is 42.5 Å². The molecule has 0 aliphatic heterocycles. The van der Waals surface area contributed by atoms with Crippen molar-refractivity contribution in [3.63, 3.8) is 0 Å². The van der Waals surface area contributed by atoms with Gasteiger partial charge in [-0.1, -0.05) is 51.1 Å². The fraction of sp³-hybridized carbons (Fsp3) is 0.316. The highest BCUT2D eigenvalue weighted by Gasteiger charge is 2.18. The minimum atomic E-state index is -0.0669. The van der Waals surface area contributed by atoms with E-state index in [4.69, 9.17) is 4.74 Å². The van der Waals surface area contributed by atoms with Crippen LogP contribution in [0.3, 0.4) is 0 Å². The van der Waals surface area contributed by atoms with Crippen molar-refractivity contribution >= 4 is 28.5 Å². The van der Waals surface area contributed by atoms with Crippen LogP contribution in [0.2, 0.25) is 0 Å². The van der Waals surface area contributed by atoms with Gasteiger partial charge in [-0.15, -0.1) is 0 Å². The van der Waals surface area contributed by atoms with Gasteiger partial charge in [0.05, 0.1) is 12.1 Å². The summed E-state index contributed by atoms with van der Waals surface area (Å²) in [6, 6.07) is 15.6. The first-order chi connectivity index (χ1) is 10.9. The number of amides is 1. The largest absolute Gasteiger partial charge is 0.491 e. The molecule has 0 aromatic heterocycles. The zero-order chi connectivity index (χ0) is 16.9. The zero-order valence-corrected chi connectivity index (χ0v) is 15.9. The van der Waals surface area contributed by atoms with Crippen molar-refractivity contribution in [1.29, 1.82) is 0 Å². The maximum absolute atomic E-state index is 12.1. The Morgan fingerprint density at radius 2 is 1.74 bits per heavy atom. The Balaban J connectivity index is 1.89. The molecule has 0 aliphatic rings. The summed E-state index contributed by atoms with van der Waals surface area (Å²) >= 11 is 2.17. The molecule has 2 aromatic carbocycles. The van der Waals surface area contributed by atoms with Crippen molar-refractivity contribution in [3.8, 4) is 5.75 Å². The van der Waals surface area contributed by atoms with Crippen LogP contribution in [0.5, 0.6) is 5.75 Å². The lowest BCUT2D eigenvalue weighted by Crippen LogP contribution is -2.29. The van der Waals surface area contributed by atoms with E-state index in [2.05, 4.69) is 54.7 Å². The van der Waals surface area contributed by atoms with Gasteiger partial charge in [0.1, 0.15) is 12.4 Å². The zero-order valence-electron chi connectivity index (χ0n) is 13.7. The summed E-state index contributed by atoms with van der Waals surface area (Å²) in [5.74, 6) is 0.811. The standard InChI is InChI=1S/C19H22INO2/c1-19(2,3)15-9-5-7-11-17(15)23-13-12-21-18(22)14-8-4-6-10-16(14)20/h4-11H,12-13H2,1-3H3,(H,21,22). The van der Waals surface area contributed by atoms with Crippen LogP contribution in [-0.4, -0.2) is 19.1 Å². The Labute approximate surface area is 151 Å². The van der Waals surface area contributed by atoms with Crippen molar-refractivity contribution in [1.82, 2.24) is 5.32 Å². The number of hydrogen-bond acceptors (Lipinski definition) is 2.